The van der Waals surface area contributed by atoms with E-state index in [4.69, 9.17) is 4.74 Å². The van der Waals surface area contributed by atoms with Crippen molar-refractivity contribution in [1.82, 2.24) is 20.6 Å². The lowest BCUT2D eigenvalue weighted by Gasteiger charge is -2.26. The summed E-state index contributed by atoms with van der Waals surface area (Å²) in [5.74, 6) is 0.898. The van der Waals surface area contributed by atoms with Gasteiger partial charge in [-0.25, -0.2) is 9.78 Å². The van der Waals surface area contributed by atoms with E-state index < -0.39 is 11.7 Å². The summed E-state index contributed by atoms with van der Waals surface area (Å²) >= 11 is 0. The normalized spacial score (nSPS) is 22.2. The van der Waals surface area contributed by atoms with Gasteiger partial charge in [0.25, 0.3) is 0 Å². The third-order valence-corrected chi connectivity index (χ3v) is 3.06. The van der Waals surface area contributed by atoms with Crippen LogP contribution >= 0.6 is 0 Å². The highest BCUT2D eigenvalue weighted by atomic mass is 16.6. The van der Waals surface area contributed by atoms with Crippen LogP contribution in [0.25, 0.3) is 0 Å². The first-order valence-corrected chi connectivity index (χ1v) is 6.47. The Labute approximate surface area is 113 Å². The Kier molecular flexibility index (Phi) is 3.30. The van der Waals surface area contributed by atoms with Gasteiger partial charge in [0.15, 0.2) is 0 Å². The van der Waals surface area contributed by atoms with E-state index in [0.29, 0.717) is 6.54 Å². The second-order valence-corrected chi connectivity index (χ2v) is 6.19. The maximum Gasteiger partial charge on any atom is 0.407 e. The van der Waals surface area contributed by atoms with Gasteiger partial charge in [-0.1, -0.05) is 0 Å². The summed E-state index contributed by atoms with van der Waals surface area (Å²) in [7, 11) is 0. The van der Waals surface area contributed by atoms with Gasteiger partial charge in [-0.3, -0.25) is 5.32 Å². The predicted molar refractivity (Wildman–Crippen MR) is 71.8 cm³/mol. The third kappa shape index (κ3) is 3.07. The number of ether oxygens (including phenoxy) is 1. The molecule has 6 nitrogen and oxygen atoms in total. The van der Waals surface area contributed by atoms with Gasteiger partial charge in [0.1, 0.15) is 11.4 Å². The van der Waals surface area contributed by atoms with Gasteiger partial charge < -0.3 is 15.0 Å². The van der Waals surface area contributed by atoms with Crippen molar-refractivity contribution in [2.75, 3.05) is 6.54 Å². The van der Waals surface area contributed by atoms with Crippen LogP contribution in [0.15, 0.2) is 0 Å². The summed E-state index contributed by atoms with van der Waals surface area (Å²) in [5, 5.41) is 6.15. The molecule has 1 unspecified atom stereocenters. The van der Waals surface area contributed by atoms with Crippen molar-refractivity contribution in [1.29, 1.82) is 0 Å². The topological polar surface area (TPSA) is 79.0 Å². The lowest BCUT2D eigenvalue weighted by atomic mass is 10.0. The molecule has 2 rings (SSSR count). The molecule has 3 N–H and O–H groups in total. The maximum absolute atomic E-state index is 11.7. The zero-order valence-electron chi connectivity index (χ0n) is 12.2. The molecular formula is C13H22N4O2. The first-order chi connectivity index (χ1) is 8.70. The number of hydrogen-bond donors (Lipinski definition) is 3. The molecule has 1 aliphatic heterocycles. The minimum absolute atomic E-state index is 0.350. The van der Waals surface area contributed by atoms with Crippen LogP contribution in [0.3, 0.4) is 0 Å². The first kappa shape index (κ1) is 13.9. The van der Waals surface area contributed by atoms with E-state index >= 15 is 0 Å². The van der Waals surface area contributed by atoms with Crippen LogP contribution in [0, 0.1) is 6.92 Å². The number of imidazole rings is 1. The van der Waals surface area contributed by atoms with E-state index in [0.717, 1.165) is 23.8 Å². The van der Waals surface area contributed by atoms with Crippen LogP contribution in [-0.4, -0.2) is 28.2 Å². The van der Waals surface area contributed by atoms with Crippen molar-refractivity contribution in [2.45, 2.75) is 52.3 Å². The van der Waals surface area contributed by atoms with Crippen LogP contribution in [0.5, 0.6) is 0 Å². The third-order valence-electron chi connectivity index (χ3n) is 3.06. The van der Waals surface area contributed by atoms with E-state index in [1.165, 1.54) is 0 Å². The van der Waals surface area contributed by atoms with Crippen LogP contribution in [0.2, 0.25) is 0 Å². The second-order valence-electron chi connectivity index (χ2n) is 6.19. The smallest absolute Gasteiger partial charge is 0.407 e. The van der Waals surface area contributed by atoms with Gasteiger partial charge in [0.05, 0.1) is 16.9 Å². The molecule has 1 aliphatic rings. The van der Waals surface area contributed by atoms with Crippen molar-refractivity contribution < 1.29 is 9.53 Å². The highest BCUT2D eigenvalue weighted by molar-refractivity contribution is 5.67. The van der Waals surface area contributed by atoms with Crippen molar-refractivity contribution >= 4 is 6.09 Å². The molecule has 0 aromatic carbocycles. The molecule has 0 bridgehead atoms. The number of H-pyrrole nitrogens is 1. The quantitative estimate of drug-likeness (QED) is 0.759. The summed E-state index contributed by atoms with van der Waals surface area (Å²) in [6.07, 6.45) is -0.406. The number of fused-ring (bicyclic) bond motifs is 1. The van der Waals surface area contributed by atoms with Crippen molar-refractivity contribution in [2.24, 2.45) is 0 Å². The number of nitrogens with zero attached hydrogens (tertiary/aromatic N) is 1. The molecule has 1 aromatic rings. The van der Waals surface area contributed by atoms with Crippen molar-refractivity contribution in [3.8, 4) is 0 Å². The van der Waals surface area contributed by atoms with Crippen LogP contribution in [0.1, 0.15) is 44.9 Å². The zero-order valence-corrected chi connectivity index (χ0v) is 12.2. The molecule has 2 heterocycles. The summed E-state index contributed by atoms with van der Waals surface area (Å²) in [5.41, 5.74) is 1.23. The number of aromatic nitrogens is 2. The highest BCUT2D eigenvalue weighted by Crippen LogP contribution is 2.28. The molecular weight excluding hydrogens is 244 g/mol. The minimum Gasteiger partial charge on any atom is -0.444 e. The standard InChI is InChI=1S/C13H22N4O2/c1-8-16-9-6-15-13(5,10(9)17-8)7-14-11(18)19-12(2,3)4/h15H,6-7H2,1-5H3,(H,14,18)(H,16,17). The lowest BCUT2D eigenvalue weighted by molar-refractivity contribution is 0.0512. The Hall–Kier alpha value is -1.56. The van der Waals surface area contributed by atoms with Crippen molar-refractivity contribution in [3.05, 3.63) is 17.2 Å². The summed E-state index contributed by atoms with van der Waals surface area (Å²) in [6.45, 7) is 10.7. The molecule has 0 spiro atoms. The van der Waals surface area contributed by atoms with Gasteiger partial charge in [-0.05, 0) is 34.6 Å². The van der Waals surface area contributed by atoms with Crippen molar-refractivity contribution in [3.63, 3.8) is 0 Å². The summed E-state index contributed by atoms with van der Waals surface area (Å²) in [6, 6.07) is 0. The highest BCUT2D eigenvalue weighted by Gasteiger charge is 2.37. The SMILES string of the molecule is Cc1nc2c([nH]1)CNC2(C)CNC(=O)OC(C)(C)C. The van der Waals surface area contributed by atoms with Gasteiger partial charge in [0.2, 0.25) is 0 Å². The Morgan fingerprint density at radius 3 is 2.84 bits per heavy atom. The second kappa shape index (κ2) is 4.52. The molecule has 0 fully saturated rings. The summed E-state index contributed by atoms with van der Waals surface area (Å²) in [4.78, 5) is 19.4. The fourth-order valence-corrected chi connectivity index (χ4v) is 2.20. The van der Waals surface area contributed by atoms with Gasteiger partial charge in [-0.2, -0.15) is 0 Å². The number of amides is 1. The molecule has 0 radical (unpaired) electrons. The molecule has 1 aromatic heterocycles. The fourth-order valence-electron chi connectivity index (χ4n) is 2.20. The minimum atomic E-state index is -0.484. The number of carbonyl (C=O) groups excluding carboxylic acids is 1. The van der Waals surface area contributed by atoms with Gasteiger partial charge >= 0.3 is 6.09 Å². The maximum atomic E-state index is 11.7. The number of aromatic amines is 1. The molecule has 0 saturated heterocycles. The number of hydrogen-bond acceptors (Lipinski definition) is 4. The Balaban J connectivity index is 1.98. The van der Waals surface area contributed by atoms with E-state index in [1.807, 2.05) is 34.6 Å². The monoisotopic (exact) mass is 266 g/mol. The lowest BCUT2D eigenvalue weighted by Crippen LogP contribution is -2.46. The molecule has 19 heavy (non-hydrogen) atoms. The van der Waals surface area contributed by atoms with Crippen LogP contribution in [0.4, 0.5) is 4.79 Å². The molecule has 0 saturated carbocycles. The number of alkyl carbamates (subject to hydrolysis) is 1. The molecule has 1 amide bonds. The average molecular weight is 266 g/mol. The number of nitrogens with one attached hydrogen (secondary N) is 3. The van der Waals surface area contributed by atoms with Crippen LogP contribution in [-0.2, 0) is 16.8 Å². The zero-order chi connectivity index (χ0) is 14.3. The molecule has 1 atom stereocenters. The Morgan fingerprint density at radius 2 is 2.21 bits per heavy atom. The number of aryl methyl sites for hydroxylation is 1. The molecule has 0 aliphatic carbocycles. The molecule has 106 valence electrons. The largest absolute Gasteiger partial charge is 0.444 e. The van der Waals surface area contributed by atoms with Crippen LogP contribution < -0.4 is 10.6 Å². The predicted octanol–water partition coefficient (Wildman–Crippen LogP) is 1.56. The number of carbonyl (C=O) groups is 1. The molecule has 6 heteroatoms. The Morgan fingerprint density at radius 1 is 1.53 bits per heavy atom. The number of rotatable bonds is 2. The van der Waals surface area contributed by atoms with Gasteiger partial charge in [-0.15, -0.1) is 0 Å². The van der Waals surface area contributed by atoms with E-state index in [-0.39, 0.29) is 5.54 Å². The Bertz CT molecular complexity index is 489. The van der Waals surface area contributed by atoms with E-state index in [9.17, 15) is 4.79 Å². The van der Waals surface area contributed by atoms with Gasteiger partial charge in [0, 0.05) is 13.1 Å². The first-order valence-electron chi connectivity index (χ1n) is 6.47. The fraction of sp³-hybridized carbons (Fsp3) is 0.692. The average Bonchev–Trinajstić information content (AvgIpc) is 2.75. The van der Waals surface area contributed by atoms with E-state index in [1.54, 1.807) is 0 Å². The summed E-state index contributed by atoms with van der Waals surface area (Å²) < 4.78 is 5.23. The van der Waals surface area contributed by atoms with E-state index in [2.05, 4.69) is 20.6 Å².